The number of hydrogen-bond acceptors (Lipinski definition) is 5. The van der Waals surface area contributed by atoms with Gasteiger partial charge in [-0.05, 0) is 55.4 Å². The van der Waals surface area contributed by atoms with E-state index in [0.29, 0.717) is 24.9 Å². The van der Waals surface area contributed by atoms with Gasteiger partial charge in [0.05, 0.1) is 11.2 Å². The lowest BCUT2D eigenvalue weighted by molar-refractivity contribution is 0.0474. The number of carbonyl (C=O) groups excluding carboxylic acids is 1. The molecule has 0 radical (unpaired) electrons. The van der Waals surface area contributed by atoms with Crippen LogP contribution in [0.3, 0.4) is 0 Å². The summed E-state index contributed by atoms with van der Waals surface area (Å²) in [4.78, 5) is 20.8. The molecular weight excluding hydrogens is 334 g/mol. The fourth-order valence-electron chi connectivity index (χ4n) is 2.02. The molecule has 0 aliphatic heterocycles. The molecule has 0 saturated carbocycles. The van der Waals surface area contributed by atoms with Crippen molar-refractivity contribution in [3.8, 4) is 0 Å². The summed E-state index contributed by atoms with van der Waals surface area (Å²) in [5, 5.41) is 9.24. The summed E-state index contributed by atoms with van der Waals surface area (Å²) in [6.07, 6.45) is -0.447. The Hall–Kier alpha value is -2.25. The molecule has 8 heteroatoms. The van der Waals surface area contributed by atoms with Crippen molar-refractivity contribution in [3.63, 3.8) is 0 Å². The fourth-order valence-corrected chi connectivity index (χ4v) is 2.02. The summed E-state index contributed by atoms with van der Waals surface area (Å²) in [6, 6.07) is 0. The minimum Gasteiger partial charge on any atom is -0.444 e. The summed E-state index contributed by atoms with van der Waals surface area (Å²) in [5.41, 5.74) is -0.180. The minimum atomic E-state index is -0.531. The molecule has 3 N–H and O–H groups in total. The monoisotopic (exact) mass is 367 g/mol. The van der Waals surface area contributed by atoms with Crippen molar-refractivity contribution in [2.75, 3.05) is 13.1 Å². The minimum absolute atomic E-state index is 0.337. The number of amides is 1. The maximum absolute atomic E-state index is 12.0. The first-order chi connectivity index (χ1) is 11.9. The molecule has 1 heterocycles. The number of hydrogen-bond donors (Lipinski definition) is 3. The van der Waals surface area contributed by atoms with Crippen LogP contribution in [0.2, 0.25) is 0 Å². The molecule has 1 rings (SSSR count). The topological polar surface area (TPSA) is 101 Å². The summed E-state index contributed by atoms with van der Waals surface area (Å²) < 4.78 is 10.8. The molecule has 148 valence electrons. The molecule has 0 spiro atoms. The van der Waals surface area contributed by atoms with Crippen molar-refractivity contribution < 1.29 is 13.9 Å². The fraction of sp³-hybridized carbons (Fsp3) is 0.722. The number of oxazole rings is 1. The van der Waals surface area contributed by atoms with Crippen LogP contribution < -0.4 is 16.0 Å². The molecule has 0 atom stereocenters. The van der Waals surface area contributed by atoms with Gasteiger partial charge in [0.1, 0.15) is 17.9 Å². The molecule has 1 aromatic heterocycles. The molecule has 0 bridgehead atoms. The van der Waals surface area contributed by atoms with Crippen molar-refractivity contribution >= 4 is 12.1 Å². The van der Waals surface area contributed by atoms with Crippen LogP contribution in [0.1, 0.15) is 58.9 Å². The van der Waals surface area contributed by atoms with E-state index in [9.17, 15) is 4.79 Å². The molecule has 8 nitrogen and oxygen atoms in total. The Morgan fingerprint density at radius 1 is 1.19 bits per heavy atom. The van der Waals surface area contributed by atoms with Crippen LogP contribution in [0.15, 0.2) is 9.41 Å². The van der Waals surface area contributed by atoms with Crippen LogP contribution in [0.25, 0.3) is 0 Å². The zero-order valence-corrected chi connectivity index (χ0v) is 17.2. The van der Waals surface area contributed by atoms with Gasteiger partial charge in [0.15, 0.2) is 5.96 Å². The zero-order chi connectivity index (χ0) is 20.0. The second-order valence-electron chi connectivity index (χ2n) is 7.81. The summed E-state index contributed by atoms with van der Waals surface area (Å²) >= 11 is 0. The van der Waals surface area contributed by atoms with Gasteiger partial charge in [-0.3, -0.25) is 0 Å². The lowest BCUT2D eigenvalue weighted by Gasteiger charge is -2.29. The number of aliphatic imine (C=N–C) groups is 1. The molecular formula is C18H33N5O3. The highest BCUT2D eigenvalue weighted by Crippen LogP contribution is 2.10. The van der Waals surface area contributed by atoms with Gasteiger partial charge in [-0.1, -0.05) is 0 Å². The van der Waals surface area contributed by atoms with Gasteiger partial charge in [0, 0.05) is 13.1 Å². The third kappa shape index (κ3) is 8.22. The van der Waals surface area contributed by atoms with Gasteiger partial charge >= 0.3 is 6.09 Å². The van der Waals surface area contributed by atoms with Crippen molar-refractivity contribution in [3.05, 3.63) is 17.3 Å². The number of aryl methyl sites for hydroxylation is 2. The van der Waals surface area contributed by atoms with Gasteiger partial charge in [0.2, 0.25) is 5.89 Å². The van der Waals surface area contributed by atoms with Gasteiger partial charge in [-0.25, -0.2) is 14.8 Å². The van der Waals surface area contributed by atoms with E-state index in [4.69, 9.17) is 9.15 Å². The Morgan fingerprint density at radius 2 is 1.85 bits per heavy atom. The zero-order valence-electron chi connectivity index (χ0n) is 17.2. The van der Waals surface area contributed by atoms with E-state index in [2.05, 4.69) is 25.9 Å². The second kappa shape index (κ2) is 8.91. The largest absolute Gasteiger partial charge is 0.444 e. The molecule has 0 unspecified atom stereocenters. The number of alkyl carbamates (subject to hydrolysis) is 1. The van der Waals surface area contributed by atoms with Crippen molar-refractivity contribution in [1.29, 1.82) is 0 Å². The van der Waals surface area contributed by atoms with Gasteiger partial charge in [-0.2, -0.15) is 0 Å². The third-order valence-corrected chi connectivity index (χ3v) is 3.33. The average Bonchev–Trinajstić information content (AvgIpc) is 2.78. The highest BCUT2D eigenvalue weighted by Gasteiger charge is 2.24. The van der Waals surface area contributed by atoms with E-state index >= 15 is 0 Å². The first-order valence-corrected chi connectivity index (χ1v) is 8.88. The van der Waals surface area contributed by atoms with Crippen molar-refractivity contribution in [2.24, 2.45) is 4.99 Å². The second-order valence-corrected chi connectivity index (χ2v) is 7.81. The lowest BCUT2D eigenvalue weighted by atomic mass is 10.1. The number of ether oxygens (including phenoxy) is 1. The highest BCUT2D eigenvalue weighted by molar-refractivity contribution is 5.79. The predicted octanol–water partition coefficient (Wildman–Crippen LogP) is 2.65. The third-order valence-electron chi connectivity index (χ3n) is 3.33. The van der Waals surface area contributed by atoms with E-state index in [1.807, 2.05) is 55.4 Å². The van der Waals surface area contributed by atoms with Crippen LogP contribution in [-0.4, -0.2) is 41.3 Å². The van der Waals surface area contributed by atoms with Crippen molar-refractivity contribution in [2.45, 2.75) is 73.1 Å². The number of nitrogens with one attached hydrogen (secondary N) is 3. The van der Waals surface area contributed by atoms with Crippen LogP contribution in [-0.2, 0) is 11.3 Å². The molecule has 0 aliphatic carbocycles. The molecule has 26 heavy (non-hydrogen) atoms. The molecule has 1 aromatic rings. The number of nitrogens with zero attached hydrogens (tertiary/aromatic N) is 2. The highest BCUT2D eigenvalue weighted by atomic mass is 16.6. The Morgan fingerprint density at radius 3 is 2.35 bits per heavy atom. The van der Waals surface area contributed by atoms with E-state index in [1.165, 1.54) is 0 Å². The van der Waals surface area contributed by atoms with E-state index in [0.717, 1.165) is 18.0 Å². The van der Waals surface area contributed by atoms with E-state index in [-0.39, 0.29) is 0 Å². The number of rotatable bonds is 6. The quantitative estimate of drug-likeness (QED) is 0.528. The molecule has 1 amide bonds. The summed E-state index contributed by atoms with van der Waals surface area (Å²) in [6.45, 7) is 16.6. The molecule has 0 aliphatic rings. The standard InChI is InChI=1S/C18H33N5O3/c1-9-19-15(20-10-14-22-12(2)13(3)25-14)21-11-18(7,8)23-16(24)26-17(4,5)6/h9-11H2,1-8H3,(H,23,24)(H2,19,20,21). The Bertz CT molecular complexity index is 610. The molecule has 0 saturated heterocycles. The van der Waals surface area contributed by atoms with Gasteiger partial charge < -0.3 is 25.1 Å². The predicted molar refractivity (Wildman–Crippen MR) is 102 cm³/mol. The summed E-state index contributed by atoms with van der Waals surface area (Å²) in [7, 11) is 0. The van der Waals surface area contributed by atoms with Gasteiger partial charge in [-0.15, -0.1) is 0 Å². The van der Waals surface area contributed by atoms with Gasteiger partial charge in [0.25, 0.3) is 0 Å². The molecule has 0 aromatic carbocycles. The van der Waals surface area contributed by atoms with E-state index < -0.39 is 17.2 Å². The smallest absolute Gasteiger partial charge is 0.408 e. The van der Waals surface area contributed by atoms with Crippen LogP contribution in [0.4, 0.5) is 4.79 Å². The molecule has 0 fully saturated rings. The van der Waals surface area contributed by atoms with E-state index in [1.54, 1.807) is 0 Å². The normalized spacial score (nSPS) is 12.7. The number of aromatic nitrogens is 1. The first-order valence-electron chi connectivity index (χ1n) is 8.88. The lowest BCUT2D eigenvalue weighted by Crippen LogP contribution is -2.54. The van der Waals surface area contributed by atoms with Crippen LogP contribution in [0, 0.1) is 13.8 Å². The first kappa shape index (κ1) is 21.8. The Balaban J connectivity index is 2.62. The number of guanidine groups is 1. The Kier molecular flexibility index (Phi) is 7.47. The average molecular weight is 367 g/mol. The SMILES string of the molecule is CCNC(=NCc1nc(C)c(C)o1)NCC(C)(C)NC(=O)OC(C)(C)C. The maximum Gasteiger partial charge on any atom is 0.408 e. The number of carbonyl (C=O) groups is 1. The van der Waals surface area contributed by atoms with Crippen molar-refractivity contribution in [1.82, 2.24) is 20.9 Å². The Labute approximate surface area is 156 Å². The van der Waals surface area contributed by atoms with Crippen LogP contribution in [0.5, 0.6) is 0 Å². The van der Waals surface area contributed by atoms with Crippen LogP contribution >= 0.6 is 0 Å². The maximum atomic E-state index is 12.0. The summed E-state index contributed by atoms with van der Waals surface area (Å²) in [5.74, 6) is 2.00.